The molecule has 0 saturated carbocycles. The number of carbonyl (C=O) groups is 1. The molecule has 0 bridgehead atoms. The van der Waals surface area contributed by atoms with Crippen LogP contribution in [0.1, 0.15) is 48.7 Å². The number of hydrogen-bond acceptors (Lipinski definition) is 8. The first-order valence-electron chi connectivity index (χ1n) is 11.4. The largest absolute Gasteiger partial charge is 0.358 e. The normalized spacial score (nSPS) is 15.5. The number of nitrogens with zero attached hydrogens (tertiary/aromatic N) is 4. The van der Waals surface area contributed by atoms with Gasteiger partial charge in [0.1, 0.15) is 11.6 Å². The maximum Gasteiger partial charge on any atom is 0.274 e. The van der Waals surface area contributed by atoms with Crippen LogP contribution in [0.2, 0.25) is 0 Å². The fraction of sp³-hybridized carbons (Fsp3) is 0.500. The van der Waals surface area contributed by atoms with Gasteiger partial charge in [-0.2, -0.15) is 15.2 Å². The van der Waals surface area contributed by atoms with E-state index in [0.717, 1.165) is 25.1 Å². The molecule has 10 heteroatoms. The summed E-state index contributed by atoms with van der Waals surface area (Å²) in [5, 5.41) is 19.0. The molecule has 0 aliphatic carbocycles. The van der Waals surface area contributed by atoms with E-state index in [-0.39, 0.29) is 17.4 Å². The highest BCUT2D eigenvalue weighted by Crippen LogP contribution is 2.31. The molecular formula is C24H35N8O2+. The second-order valence-corrected chi connectivity index (χ2v) is 9.86. The van der Waals surface area contributed by atoms with Crippen LogP contribution in [0, 0.1) is 23.7 Å². The summed E-state index contributed by atoms with van der Waals surface area (Å²) >= 11 is 0. The molecule has 1 aromatic heterocycles. The smallest absolute Gasteiger partial charge is 0.274 e. The number of carbonyl (C=O) groups excluding carboxylic acids is 1. The lowest BCUT2D eigenvalue weighted by atomic mass is 9.96. The standard InChI is InChI=1S/C24H34N8O2/c1-15-7-8-16(22(33)31-34-6)11-19(15)28-20-18(12-25)21(32(5)14-24(2,3)4)30-23(29-20)27-17-9-10-26-13-17/h7-8,11,17,26H,9-10,13-14H2,1-6H3,(H,31,33)(H2,27,28,29,30)/p+1. The Kier molecular flexibility index (Phi) is 7.91. The molecule has 2 aromatic rings. The summed E-state index contributed by atoms with van der Waals surface area (Å²) in [6, 6.07) is 7.82. The molecule has 1 unspecified atom stereocenters. The number of aryl methyl sites for hydroxylation is 1. The summed E-state index contributed by atoms with van der Waals surface area (Å²) in [5.41, 5.74) is 4.68. The van der Waals surface area contributed by atoms with Gasteiger partial charge in [0, 0.05) is 31.3 Å². The van der Waals surface area contributed by atoms with Gasteiger partial charge in [-0.3, -0.25) is 9.63 Å². The van der Waals surface area contributed by atoms with Crippen molar-refractivity contribution in [3.63, 3.8) is 0 Å². The van der Waals surface area contributed by atoms with Crippen molar-refractivity contribution in [2.75, 3.05) is 49.3 Å². The van der Waals surface area contributed by atoms with Crippen LogP contribution in [-0.4, -0.2) is 55.7 Å². The van der Waals surface area contributed by atoms with Crippen LogP contribution in [-0.2, 0) is 4.84 Å². The molecule has 1 aliphatic rings. The van der Waals surface area contributed by atoms with Crippen LogP contribution in [0.15, 0.2) is 18.2 Å². The van der Waals surface area contributed by atoms with Crippen molar-refractivity contribution in [1.29, 1.82) is 5.26 Å². The number of aromatic nitrogens is 2. The van der Waals surface area contributed by atoms with Gasteiger partial charge in [-0.25, -0.2) is 5.48 Å². The van der Waals surface area contributed by atoms with E-state index in [1.165, 1.54) is 7.11 Å². The molecule has 3 rings (SSSR count). The molecule has 182 valence electrons. The first-order valence-corrected chi connectivity index (χ1v) is 11.4. The summed E-state index contributed by atoms with van der Waals surface area (Å²) in [7, 11) is 3.32. The van der Waals surface area contributed by atoms with Crippen molar-refractivity contribution < 1.29 is 14.9 Å². The van der Waals surface area contributed by atoms with E-state index in [4.69, 9.17) is 9.82 Å². The third-order valence-corrected chi connectivity index (χ3v) is 5.53. The molecule has 34 heavy (non-hydrogen) atoms. The van der Waals surface area contributed by atoms with Gasteiger partial charge in [0.05, 0.1) is 26.2 Å². The zero-order chi connectivity index (χ0) is 24.9. The fourth-order valence-electron chi connectivity index (χ4n) is 4.02. The summed E-state index contributed by atoms with van der Waals surface area (Å²) in [5.74, 6) is 1.07. The molecule has 2 heterocycles. The number of benzene rings is 1. The number of rotatable bonds is 8. The fourth-order valence-corrected chi connectivity index (χ4v) is 4.02. The molecule has 0 radical (unpaired) electrons. The topological polar surface area (TPSA) is 132 Å². The Morgan fingerprint density at radius 2 is 2.12 bits per heavy atom. The van der Waals surface area contributed by atoms with Crippen molar-refractivity contribution >= 4 is 29.2 Å². The first-order chi connectivity index (χ1) is 16.1. The second-order valence-electron chi connectivity index (χ2n) is 9.86. The number of quaternary nitrogens is 1. The molecule has 1 fully saturated rings. The summed E-state index contributed by atoms with van der Waals surface area (Å²) in [4.78, 5) is 28.4. The van der Waals surface area contributed by atoms with Gasteiger partial charge in [-0.05, 0) is 30.0 Å². The molecule has 0 spiro atoms. The van der Waals surface area contributed by atoms with E-state index in [1.807, 2.05) is 24.9 Å². The zero-order valence-electron chi connectivity index (χ0n) is 20.8. The Balaban J connectivity index is 2.04. The van der Waals surface area contributed by atoms with E-state index < -0.39 is 0 Å². The Hall–Kier alpha value is -3.42. The maximum atomic E-state index is 12.2. The van der Waals surface area contributed by atoms with Gasteiger partial charge in [0.15, 0.2) is 11.6 Å². The van der Waals surface area contributed by atoms with Crippen LogP contribution in [0.5, 0.6) is 0 Å². The average Bonchev–Trinajstić information content (AvgIpc) is 3.27. The molecule has 5 N–H and O–H groups in total. The Labute approximate surface area is 201 Å². The monoisotopic (exact) mass is 467 g/mol. The molecule has 10 nitrogen and oxygen atoms in total. The second kappa shape index (κ2) is 10.7. The van der Waals surface area contributed by atoms with Crippen molar-refractivity contribution in [3.05, 3.63) is 34.9 Å². The van der Waals surface area contributed by atoms with Gasteiger partial charge in [-0.1, -0.05) is 26.8 Å². The van der Waals surface area contributed by atoms with Crippen LogP contribution < -0.4 is 26.3 Å². The van der Waals surface area contributed by atoms with Gasteiger partial charge in [0.2, 0.25) is 5.95 Å². The predicted molar refractivity (Wildman–Crippen MR) is 132 cm³/mol. The quantitative estimate of drug-likeness (QED) is 0.433. The average molecular weight is 468 g/mol. The van der Waals surface area contributed by atoms with Crippen LogP contribution in [0.3, 0.4) is 0 Å². The Morgan fingerprint density at radius 3 is 2.74 bits per heavy atom. The van der Waals surface area contributed by atoms with Crippen LogP contribution in [0.4, 0.5) is 23.3 Å². The third-order valence-electron chi connectivity index (χ3n) is 5.53. The SMILES string of the molecule is CONC(=O)c1ccc(C)c(Nc2nc(NC3CC[NH2+]C3)nc(N(C)CC(C)(C)C)c2C#N)c1. The lowest BCUT2D eigenvalue weighted by Gasteiger charge is -2.29. The predicted octanol–water partition coefficient (Wildman–Crippen LogP) is 1.92. The first kappa shape index (κ1) is 25.2. The summed E-state index contributed by atoms with van der Waals surface area (Å²) in [6.45, 7) is 11.1. The molecule has 1 aromatic carbocycles. The zero-order valence-corrected chi connectivity index (χ0v) is 20.8. The Morgan fingerprint density at radius 1 is 1.35 bits per heavy atom. The summed E-state index contributed by atoms with van der Waals surface area (Å²) in [6.07, 6.45) is 1.02. The number of anilines is 4. The van der Waals surface area contributed by atoms with E-state index in [1.54, 1.807) is 12.1 Å². The molecule has 1 saturated heterocycles. The van der Waals surface area contributed by atoms with Gasteiger partial charge in [0.25, 0.3) is 5.91 Å². The van der Waals surface area contributed by atoms with Crippen LogP contribution >= 0.6 is 0 Å². The number of nitriles is 1. The molecular weight excluding hydrogens is 432 g/mol. The minimum absolute atomic E-state index is 0.00759. The molecule has 1 amide bonds. The summed E-state index contributed by atoms with van der Waals surface area (Å²) < 4.78 is 0. The minimum Gasteiger partial charge on any atom is -0.358 e. The third kappa shape index (κ3) is 6.34. The Bertz CT molecular complexity index is 1070. The highest BCUT2D eigenvalue weighted by molar-refractivity contribution is 5.95. The van der Waals surface area contributed by atoms with Gasteiger partial charge < -0.3 is 20.9 Å². The van der Waals surface area contributed by atoms with E-state index >= 15 is 0 Å². The minimum atomic E-state index is -0.362. The van der Waals surface area contributed by atoms with Gasteiger partial charge in [-0.15, -0.1) is 0 Å². The number of amides is 1. The lowest BCUT2D eigenvalue weighted by molar-refractivity contribution is -0.636. The van der Waals surface area contributed by atoms with E-state index in [2.05, 4.69) is 53.3 Å². The van der Waals surface area contributed by atoms with Crippen molar-refractivity contribution in [2.24, 2.45) is 5.41 Å². The number of nitrogens with two attached hydrogens (primary N) is 1. The van der Waals surface area contributed by atoms with Gasteiger partial charge >= 0.3 is 0 Å². The van der Waals surface area contributed by atoms with Crippen molar-refractivity contribution in [1.82, 2.24) is 15.4 Å². The lowest BCUT2D eigenvalue weighted by Crippen LogP contribution is -2.81. The highest BCUT2D eigenvalue weighted by atomic mass is 16.6. The van der Waals surface area contributed by atoms with Crippen molar-refractivity contribution in [3.8, 4) is 6.07 Å². The number of hydrogen-bond donors (Lipinski definition) is 4. The highest BCUT2D eigenvalue weighted by Gasteiger charge is 2.24. The number of nitrogens with one attached hydrogen (secondary N) is 3. The van der Waals surface area contributed by atoms with E-state index in [0.29, 0.717) is 40.9 Å². The van der Waals surface area contributed by atoms with Crippen LogP contribution in [0.25, 0.3) is 0 Å². The molecule has 1 aliphatic heterocycles. The van der Waals surface area contributed by atoms with E-state index in [9.17, 15) is 10.1 Å². The number of hydroxylamine groups is 1. The maximum absolute atomic E-state index is 12.2. The molecule has 1 atom stereocenters. The van der Waals surface area contributed by atoms with Crippen molar-refractivity contribution in [2.45, 2.75) is 40.2 Å².